The number of carbonyl (C=O) groups excluding carboxylic acids is 1. The number of rotatable bonds is 5. The van der Waals surface area contributed by atoms with E-state index in [4.69, 9.17) is 9.47 Å². The molecular weight excluding hydrogens is 282 g/mol. The number of morpholine rings is 1. The molecule has 2 heterocycles. The van der Waals surface area contributed by atoms with Gasteiger partial charge in [-0.1, -0.05) is 0 Å². The number of piperidine rings is 1. The average Bonchev–Trinajstić information content (AvgIpc) is 3.39. The molecular formula is C16H29N3O3. The van der Waals surface area contributed by atoms with E-state index in [1.165, 1.54) is 12.8 Å². The van der Waals surface area contributed by atoms with E-state index in [0.717, 1.165) is 58.2 Å². The number of urea groups is 1. The van der Waals surface area contributed by atoms with E-state index in [1.807, 2.05) is 9.80 Å². The van der Waals surface area contributed by atoms with Crippen LogP contribution in [0.4, 0.5) is 4.79 Å². The smallest absolute Gasteiger partial charge is 0.320 e. The molecule has 6 nitrogen and oxygen atoms in total. The zero-order chi connectivity index (χ0) is 15.4. The van der Waals surface area contributed by atoms with E-state index in [0.29, 0.717) is 13.2 Å². The van der Waals surface area contributed by atoms with Gasteiger partial charge in [0.1, 0.15) is 0 Å². The Hall–Kier alpha value is -0.850. The largest absolute Gasteiger partial charge is 0.384 e. The van der Waals surface area contributed by atoms with Gasteiger partial charge >= 0.3 is 6.03 Å². The summed E-state index contributed by atoms with van der Waals surface area (Å²) in [7, 11) is 1.78. The van der Waals surface area contributed by atoms with E-state index in [1.54, 1.807) is 7.11 Å². The molecule has 2 aliphatic heterocycles. The molecule has 3 fully saturated rings. The minimum atomic E-state index is 0.185. The first kappa shape index (κ1) is 16.0. The lowest BCUT2D eigenvalue weighted by atomic mass is 9.79. The van der Waals surface area contributed by atoms with Crippen LogP contribution in [0.1, 0.15) is 25.7 Å². The van der Waals surface area contributed by atoms with Gasteiger partial charge in [-0.25, -0.2) is 4.79 Å². The summed E-state index contributed by atoms with van der Waals surface area (Å²) in [6.45, 7) is 6.26. The SMILES string of the molecule is COCC1(CNC2CC2)CCN(C(=O)N2CCOCC2)CC1. The van der Waals surface area contributed by atoms with Crippen molar-refractivity contribution in [2.75, 3.05) is 59.7 Å². The Morgan fingerprint density at radius 2 is 1.82 bits per heavy atom. The van der Waals surface area contributed by atoms with Crippen LogP contribution in [-0.2, 0) is 9.47 Å². The van der Waals surface area contributed by atoms with Crippen LogP contribution >= 0.6 is 0 Å². The van der Waals surface area contributed by atoms with E-state index >= 15 is 0 Å². The Labute approximate surface area is 133 Å². The highest BCUT2D eigenvalue weighted by atomic mass is 16.5. The topological polar surface area (TPSA) is 54.0 Å². The second-order valence-electron chi connectivity index (χ2n) is 6.96. The number of methoxy groups -OCH3 is 1. The van der Waals surface area contributed by atoms with E-state index in [9.17, 15) is 4.79 Å². The number of carbonyl (C=O) groups is 1. The maximum absolute atomic E-state index is 12.5. The minimum Gasteiger partial charge on any atom is -0.384 e. The van der Waals surface area contributed by atoms with Crippen molar-refractivity contribution in [1.82, 2.24) is 15.1 Å². The molecule has 1 N–H and O–H groups in total. The lowest BCUT2D eigenvalue weighted by molar-refractivity contribution is 0.0137. The maximum Gasteiger partial charge on any atom is 0.320 e. The van der Waals surface area contributed by atoms with Crippen LogP contribution in [0.15, 0.2) is 0 Å². The predicted octanol–water partition coefficient (Wildman–Crippen LogP) is 0.919. The van der Waals surface area contributed by atoms with Crippen LogP contribution in [0.2, 0.25) is 0 Å². The van der Waals surface area contributed by atoms with Crippen LogP contribution in [0.25, 0.3) is 0 Å². The second-order valence-corrected chi connectivity index (χ2v) is 6.96. The summed E-state index contributed by atoms with van der Waals surface area (Å²) in [5, 5.41) is 3.65. The van der Waals surface area contributed by atoms with Crippen molar-refractivity contribution < 1.29 is 14.3 Å². The Morgan fingerprint density at radius 3 is 2.41 bits per heavy atom. The van der Waals surface area contributed by atoms with Gasteiger partial charge in [0.05, 0.1) is 19.8 Å². The van der Waals surface area contributed by atoms with Crippen molar-refractivity contribution in [3.63, 3.8) is 0 Å². The molecule has 0 unspecified atom stereocenters. The lowest BCUT2D eigenvalue weighted by Crippen LogP contribution is -2.54. The molecule has 0 radical (unpaired) electrons. The monoisotopic (exact) mass is 311 g/mol. The molecule has 3 aliphatic rings. The first-order valence-corrected chi connectivity index (χ1v) is 8.56. The predicted molar refractivity (Wildman–Crippen MR) is 83.9 cm³/mol. The van der Waals surface area contributed by atoms with E-state index in [2.05, 4.69) is 5.32 Å². The number of hydrogen-bond acceptors (Lipinski definition) is 4. The molecule has 0 aromatic carbocycles. The first-order valence-electron chi connectivity index (χ1n) is 8.56. The molecule has 6 heteroatoms. The number of ether oxygens (including phenoxy) is 2. The number of likely N-dealkylation sites (tertiary alicyclic amines) is 1. The fraction of sp³-hybridized carbons (Fsp3) is 0.938. The maximum atomic E-state index is 12.5. The van der Waals surface area contributed by atoms with Crippen LogP contribution in [0.3, 0.4) is 0 Å². The Kier molecular flexibility index (Phi) is 5.21. The number of nitrogens with one attached hydrogen (secondary N) is 1. The van der Waals surface area contributed by atoms with Crippen molar-refractivity contribution in [1.29, 1.82) is 0 Å². The average molecular weight is 311 g/mol. The Balaban J connectivity index is 1.51. The molecule has 0 bridgehead atoms. The van der Waals surface area contributed by atoms with Gasteiger partial charge in [-0.05, 0) is 25.7 Å². The van der Waals surface area contributed by atoms with Crippen molar-refractivity contribution in [2.24, 2.45) is 5.41 Å². The number of amides is 2. The molecule has 0 aromatic heterocycles. The summed E-state index contributed by atoms with van der Waals surface area (Å²) in [6, 6.07) is 0.909. The molecule has 0 spiro atoms. The number of hydrogen-bond donors (Lipinski definition) is 1. The standard InChI is InChI=1S/C16H29N3O3/c1-21-13-16(12-17-14-2-3-14)4-6-18(7-5-16)15(20)19-8-10-22-11-9-19/h14,17H,2-13H2,1H3. The van der Waals surface area contributed by atoms with Gasteiger partial charge in [0.25, 0.3) is 0 Å². The molecule has 3 rings (SSSR count). The molecule has 1 aliphatic carbocycles. The Morgan fingerprint density at radius 1 is 1.18 bits per heavy atom. The highest BCUT2D eigenvalue weighted by Gasteiger charge is 2.38. The molecule has 0 aromatic rings. The number of nitrogens with zero attached hydrogens (tertiary/aromatic N) is 2. The summed E-state index contributed by atoms with van der Waals surface area (Å²) < 4.78 is 10.8. The zero-order valence-electron chi connectivity index (χ0n) is 13.7. The van der Waals surface area contributed by atoms with Gasteiger partial charge in [0.15, 0.2) is 0 Å². The highest BCUT2D eigenvalue weighted by molar-refractivity contribution is 5.74. The summed E-state index contributed by atoms with van der Waals surface area (Å²) in [4.78, 5) is 16.5. The van der Waals surface area contributed by atoms with Crippen LogP contribution in [-0.4, -0.2) is 81.5 Å². The zero-order valence-corrected chi connectivity index (χ0v) is 13.7. The third-order valence-corrected chi connectivity index (χ3v) is 5.17. The van der Waals surface area contributed by atoms with Crippen LogP contribution < -0.4 is 5.32 Å². The van der Waals surface area contributed by atoms with Crippen molar-refractivity contribution in [3.8, 4) is 0 Å². The Bertz CT molecular complexity index is 373. The normalized spacial score (nSPS) is 25.3. The minimum absolute atomic E-state index is 0.185. The van der Waals surface area contributed by atoms with Crippen molar-refractivity contribution >= 4 is 6.03 Å². The molecule has 126 valence electrons. The third kappa shape index (κ3) is 3.91. The molecule has 2 amide bonds. The quantitative estimate of drug-likeness (QED) is 0.820. The second kappa shape index (κ2) is 7.15. The van der Waals surface area contributed by atoms with Crippen molar-refractivity contribution in [3.05, 3.63) is 0 Å². The van der Waals surface area contributed by atoms with Crippen LogP contribution in [0.5, 0.6) is 0 Å². The van der Waals surface area contributed by atoms with Gasteiger partial charge in [0, 0.05) is 51.3 Å². The lowest BCUT2D eigenvalue weighted by Gasteiger charge is -2.43. The first-order chi connectivity index (χ1) is 10.7. The van der Waals surface area contributed by atoms with Gasteiger partial charge in [-0.15, -0.1) is 0 Å². The summed E-state index contributed by atoms with van der Waals surface area (Å²) in [5.41, 5.74) is 0.194. The summed E-state index contributed by atoms with van der Waals surface area (Å²) >= 11 is 0. The molecule has 22 heavy (non-hydrogen) atoms. The fourth-order valence-electron chi connectivity index (χ4n) is 3.45. The van der Waals surface area contributed by atoms with Gasteiger partial charge in [-0.3, -0.25) is 0 Å². The summed E-state index contributed by atoms with van der Waals surface area (Å²) in [5.74, 6) is 0. The van der Waals surface area contributed by atoms with Gasteiger partial charge in [-0.2, -0.15) is 0 Å². The van der Waals surface area contributed by atoms with E-state index in [-0.39, 0.29) is 11.4 Å². The molecule has 2 saturated heterocycles. The third-order valence-electron chi connectivity index (χ3n) is 5.17. The fourth-order valence-corrected chi connectivity index (χ4v) is 3.45. The highest BCUT2D eigenvalue weighted by Crippen LogP contribution is 2.33. The summed E-state index contributed by atoms with van der Waals surface area (Å²) in [6.07, 6.45) is 4.67. The molecule has 0 atom stereocenters. The van der Waals surface area contributed by atoms with E-state index < -0.39 is 0 Å². The van der Waals surface area contributed by atoms with Crippen LogP contribution in [0, 0.1) is 5.41 Å². The van der Waals surface area contributed by atoms with Crippen molar-refractivity contribution in [2.45, 2.75) is 31.7 Å². The molecule has 1 saturated carbocycles. The van der Waals surface area contributed by atoms with Gasteiger partial charge in [0.2, 0.25) is 0 Å². The van der Waals surface area contributed by atoms with Gasteiger partial charge < -0.3 is 24.6 Å².